The zero-order valence-electron chi connectivity index (χ0n) is 17.6. The van der Waals surface area contributed by atoms with Gasteiger partial charge in [0.2, 0.25) is 0 Å². The molecule has 0 radical (unpaired) electrons. The van der Waals surface area contributed by atoms with E-state index in [1.165, 1.54) is 24.3 Å². The fourth-order valence-electron chi connectivity index (χ4n) is 3.24. The van der Waals surface area contributed by atoms with Crippen molar-refractivity contribution in [3.63, 3.8) is 0 Å². The molecule has 0 N–H and O–H groups in total. The molecule has 0 fully saturated rings. The molecule has 162 valence electrons. The molecule has 9 heteroatoms. The molecule has 3 aromatic rings. The zero-order chi connectivity index (χ0) is 22.1. The largest absolute Gasteiger partial charge is 0.497 e. The van der Waals surface area contributed by atoms with Gasteiger partial charge in [0.15, 0.2) is 0 Å². The average molecular weight is 453 g/mol. The maximum Gasteiger partial charge on any atom is 0.272 e. The number of hydrogen-bond acceptors (Lipinski definition) is 6. The summed E-state index contributed by atoms with van der Waals surface area (Å²) in [4.78, 5) is 2.01. The molecule has 1 heterocycles. The van der Waals surface area contributed by atoms with Crippen molar-refractivity contribution in [2.75, 3.05) is 41.5 Å². The van der Waals surface area contributed by atoms with Crippen molar-refractivity contribution in [3.05, 3.63) is 47.1 Å². The maximum atomic E-state index is 13.7. The van der Waals surface area contributed by atoms with E-state index in [1.54, 1.807) is 37.3 Å². The van der Waals surface area contributed by atoms with Gasteiger partial charge >= 0.3 is 0 Å². The van der Waals surface area contributed by atoms with Crippen LogP contribution in [-0.2, 0) is 10.0 Å². The Morgan fingerprint density at radius 1 is 1.07 bits per heavy atom. The third-order valence-electron chi connectivity index (χ3n) is 4.73. The summed E-state index contributed by atoms with van der Waals surface area (Å²) in [6, 6.07) is 9.65. The summed E-state index contributed by atoms with van der Waals surface area (Å²) in [6.07, 6.45) is 0. The van der Waals surface area contributed by atoms with Crippen LogP contribution in [0.25, 0.3) is 10.9 Å². The van der Waals surface area contributed by atoms with Crippen LogP contribution in [0.5, 0.6) is 17.2 Å². The lowest BCUT2D eigenvalue weighted by Crippen LogP contribution is -2.20. The van der Waals surface area contributed by atoms with E-state index in [9.17, 15) is 8.42 Å². The first kappa shape index (κ1) is 22.3. The molecular formula is C21H25ClN2O5S. The van der Waals surface area contributed by atoms with E-state index in [0.29, 0.717) is 46.3 Å². The van der Waals surface area contributed by atoms with Gasteiger partial charge in [-0.3, -0.25) is 0 Å². The summed E-state index contributed by atoms with van der Waals surface area (Å²) in [5.74, 6) is 1.18. The van der Waals surface area contributed by atoms with E-state index in [4.69, 9.17) is 25.8 Å². The van der Waals surface area contributed by atoms with Crippen molar-refractivity contribution in [1.82, 2.24) is 8.87 Å². The molecule has 30 heavy (non-hydrogen) atoms. The van der Waals surface area contributed by atoms with Crippen LogP contribution < -0.4 is 14.2 Å². The van der Waals surface area contributed by atoms with Crippen LogP contribution in [0.4, 0.5) is 0 Å². The molecular weight excluding hydrogens is 428 g/mol. The summed E-state index contributed by atoms with van der Waals surface area (Å²) in [5.41, 5.74) is 0.943. The number of nitrogens with zero attached hydrogens (tertiary/aromatic N) is 2. The van der Waals surface area contributed by atoms with Gasteiger partial charge in [-0.15, -0.1) is 0 Å². The predicted molar refractivity (Wildman–Crippen MR) is 118 cm³/mol. The van der Waals surface area contributed by atoms with E-state index in [2.05, 4.69) is 0 Å². The molecule has 0 amide bonds. The minimum atomic E-state index is -3.99. The smallest absolute Gasteiger partial charge is 0.272 e. The standard InChI is InChI=1S/C21H25ClN2O5S/c1-14-21(29-11-10-23(2)3)17-12-15(22)6-8-18(17)24(14)30(25,26)20-9-7-16(27-4)13-19(20)28-5/h6-9,12-13H,10-11H2,1-5H3. The van der Waals surface area contributed by atoms with E-state index in [-0.39, 0.29) is 10.6 Å². The maximum absolute atomic E-state index is 13.7. The monoisotopic (exact) mass is 452 g/mol. The van der Waals surface area contributed by atoms with Gasteiger partial charge in [-0.05, 0) is 51.4 Å². The quantitative estimate of drug-likeness (QED) is 0.517. The van der Waals surface area contributed by atoms with Gasteiger partial charge in [0.25, 0.3) is 10.0 Å². The minimum absolute atomic E-state index is 0.0283. The highest BCUT2D eigenvalue weighted by molar-refractivity contribution is 7.90. The molecule has 0 bridgehead atoms. The molecule has 0 spiro atoms. The Kier molecular flexibility index (Phi) is 6.50. The molecule has 0 saturated carbocycles. The van der Waals surface area contributed by atoms with Gasteiger partial charge in [0.05, 0.1) is 25.4 Å². The van der Waals surface area contributed by atoms with Gasteiger partial charge < -0.3 is 19.1 Å². The van der Waals surface area contributed by atoms with Gasteiger partial charge in [-0.25, -0.2) is 12.4 Å². The third-order valence-corrected chi connectivity index (χ3v) is 6.81. The summed E-state index contributed by atoms with van der Waals surface area (Å²) < 4.78 is 45.1. The summed E-state index contributed by atoms with van der Waals surface area (Å²) >= 11 is 6.19. The lowest BCUT2D eigenvalue weighted by Gasteiger charge is -2.14. The van der Waals surface area contributed by atoms with Crippen molar-refractivity contribution in [1.29, 1.82) is 0 Å². The van der Waals surface area contributed by atoms with Crippen LogP contribution in [0.15, 0.2) is 41.3 Å². The van der Waals surface area contributed by atoms with Crippen LogP contribution >= 0.6 is 11.6 Å². The Labute approximate surface area is 181 Å². The second kappa shape index (κ2) is 8.75. The molecule has 0 aliphatic rings. The van der Waals surface area contributed by atoms with Gasteiger partial charge in [-0.1, -0.05) is 11.6 Å². The SMILES string of the molecule is COc1ccc(S(=O)(=O)n2c(C)c(OCCN(C)C)c3cc(Cl)ccc32)c(OC)c1. The fourth-order valence-corrected chi connectivity index (χ4v) is 5.11. The topological polar surface area (TPSA) is 70.0 Å². The summed E-state index contributed by atoms with van der Waals surface area (Å²) in [6.45, 7) is 2.81. The number of fused-ring (bicyclic) bond motifs is 1. The number of likely N-dealkylation sites (N-methyl/N-ethyl adjacent to an activating group) is 1. The van der Waals surface area contributed by atoms with Gasteiger partial charge in [-0.2, -0.15) is 0 Å². The Hall–Kier alpha value is -2.42. The summed E-state index contributed by atoms with van der Waals surface area (Å²) in [5, 5.41) is 1.13. The number of halogens is 1. The first-order valence-corrected chi connectivity index (χ1v) is 11.1. The second-order valence-corrected chi connectivity index (χ2v) is 9.21. The van der Waals surface area contributed by atoms with Gasteiger partial charge in [0.1, 0.15) is 28.8 Å². The number of ether oxygens (including phenoxy) is 3. The van der Waals surface area contributed by atoms with Crippen molar-refractivity contribution in [3.8, 4) is 17.2 Å². The molecule has 0 aliphatic heterocycles. The average Bonchev–Trinajstić information content (AvgIpc) is 2.98. The van der Waals surface area contributed by atoms with E-state index in [1.807, 2.05) is 19.0 Å². The highest BCUT2D eigenvalue weighted by Crippen LogP contribution is 2.39. The number of benzene rings is 2. The number of aromatic nitrogens is 1. The fraction of sp³-hybridized carbons (Fsp3) is 0.333. The minimum Gasteiger partial charge on any atom is -0.497 e. The number of rotatable bonds is 8. The van der Waals surface area contributed by atoms with Crippen molar-refractivity contribution >= 4 is 32.5 Å². The van der Waals surface area contributed by atoms with E-state index >= 15 is 0 Å². The first-order chi connectivity index (χ1) is 14.2. The lowest BCUT2D eigenvalue weighted by molar-refractivity contribution is 0.262. The molecule has 1 aromatic heterocycles. The molecule has 0 unspecified atom stereocenters. The van der Waals surface area contributed by atoms with Crippen LogP contribution in [0.3, 0.4) is 0 Å². The van der Waals surface area contributed by atoms with E-state index < -0.39 is 10.0 Å². The second-order valence-electron chi connectivity index (χ2n) is 7.01. The van der Waals surface area contributed by atoms with Crippen LogP contribution in [0, 0.1) is 6.92 Å². The highest BCUT2D eigenvalue weighted by Gasteiger charge is 2.29. The Morgan fingerprint density at radius 3 is 2.43 bits per heavy atom. The van der Waals surface area contributed by atoms with Crippen molar-refractivity contribution in [2.45, 2.75) is 11.8 Å². The van der Waals surface area contributed by atoms with Crippen molar-refractivity contribution in [2.24, 2.45) is 0 Å². The first-order valence-electron chi connectivity index (χ1n) is 9.26. The Bertz CT molecular complexity index is 1170. The molecule has 0 atom stereocenters. The number of hydrogen-bond donors (Lipinski definition) is 0. The Morgan fingerprint density at radius 2 is 1.80 bits per heavy atom. The normalized spacial score (nSPS) is 11.8. The number of methoxy groups -OCH3 is 2. The molecule has 7 nitrogen and oxygen atoms in total. The van der Waals surface area contributed by atoms with Crippen LogP contribution in [0.1, 0.15) is 5.69 Å². The van der Waals surface area contributed by atoms with Crippen molar-refractivity contribution < 1.29 is 22.6 Å². The van der Waals surface area contributed by atoms with Gasteiger partial charge in [0, 0.05) is 23.0 Å². The lowest BCUT2D eigenvalue weighted by atomic mass is 10.2. The van der Waals surface area contributed by atoms with Crippen LogP contribution in [-0.4, -0.2) is 58.8 Å². The third kappa shape index (κ3) is 4.08. The molecule has 2 aromatic carbocycles. The Balaban J connectivity index is 2.21. The predicted octanol–water partition coefficient (Wildman–Crippen LogP) is 3.80. The van der Waals surface area contributed by atoms with Crippen LogP contribution in [0.2, 0.25) is 5.02 Å². The summed E-state index contributed by atoms with van der Waals surface area (Å²) in [7, 11) is 2.82. The molecule has 0 aliphatic carbocycles. The molecule has 3 rings (SSSR count). The molecule has 0 saturated heterocycles. The van der Waals surface area contributed by atoms with E-state index in [0.717, 1.165) is 0 Å². The highest BCUT2D eigenvalue weighted by atomic mass is 35.5. The zero-order valence-corrected chi connectivity index (χ0v) is 19.2.